The molecule has 1 N–H and O–H groups in total. The number of nitrogens with one attached hydrogen (secondary N) is 1. The number of hydrogen-bond donors (Lipinski definition) is 1. The summed E-state index contributed by atoms with van der Waals surface area (Å²) >= 11 is 0. The van der Waals surface area contributed by atoms with Gasteiger partial charge in [-0.05, 0) is 23.8 Å². The van der Waals surface area contributed by atoms with E-state index in [9.17, 15) is 23.3 Å². The SMILES string of the molecule is CCN(CC)S(=O)(=O)c1ccc(CNC(=O)c2ccc([N+](=O)[O-])o2)cc1. The molecule has 9 nitrogen and oxygen atoms in total. The van der Waals surface area contributed by atoms with E-state index in [-0.39, 0.29) is 17.2 Å². The molecule has 0 saturated carbocycles. The Bertz CT molecular complexity index is 885. The number of carbonyl (C=O) groups is 1. The van der Waals surface area contributed by atoms with Crippen LogP contribution in [-0.2, 0) is 16.6 Å². The van der Waals surface area contributed by atoms with E-state index in [0.29, 0.717) is 18.7 Å². The second kappa shape index (κ2) is 8.11. The number of hydrogen-bond acceptors (Lipinski definition) is 6. The van der Waals surface area contributed by atoms with Crippen LogP contribution in [0, 0.1) is 10.1 Å². The quantitative estimate of drug-likeness (QED) is 0.552. The first-order valence-electron chi connectivity index (χ1n) is 7.91. The molecule has 0 atom stereocenters. The fourth-order valence-corrected chi connectivity index (χ4v) is 3.77. The largest absolute Gasteiger partial charge is 0.433 e. The highest BCUT2D eigenvalue weighted by Crippen LogP contribution is 2.17. The average molecular weight is 381 g/mol. The molecule has 1 aromatic heterocycles. The van der Waals surface area contributed by atoms with E-state index in [2.05, 4.69) is 5.32 Å². The van der Waals surface area contributed by atoms with E-state index >= 15 is 0 Å². The molecule has 10 heteroatoms. The number of nitro groups is 1. The Kier molecular flexibility index (Phi) is 6.11. The number of carbonyl (C=O) groups excluding carboxylic acids is 1. The standard InChI is InChI=1S/C16H19N3O6S/c1-3-18(4-2)26(23,24)13-7-5-12(6-8-13)11-17-16(20)14-9-10-15(25-14)19(21)22/h5-10H,3-4,11H2,1-2H3,(H,17,20). The molecule has 2 aromatic rings. The topological polar surface area (TPSA) is 123 Å². The van der Waals surface area contributed by atoms with E-state index in [1.54, 1.807) is 26.0 Å². The van der Waals surface area contributed by atoms with Gasteiger partial charge in [0, 0.05) is 19.6 Å². The van der Waals surface area contributed by atoms with Gasteiger partial charge in [-0.3, -0.25) is 14.9 Å². The predicted octanol–water partition coefficient (Wildman–Crippen LogP) is 2.15. The first-order valence-corrected chi connectivity index (χ1v) is 9.35. The number of rotatable bonds is 8. The Morgan fingerprint density at radius 1 is 1.15 bits per heavy atom. The molecule has 1 aromatic carbocycles. The van der Waals surface area contributed by atoms with Crippen LogP contribution in [0.25, 0.3) is 0 Å². The van der Waals surface area contributed by atoms with Gasteiger partial charge in [0.05, 0.1) is 11.0 Å². The van der Waals surface area contributed by atoms with Crippen molar-refractivity contribution in [3.8, 4) is 0 Å². The first-order chi connectivity index (χ1) is 12.3. The van der Waals surface area contributed by atoms with Crippen LogP contribution in [0.15, 0.2) is 45.7 Å². The second-order valence-electron chi connectivity index (χ2n) is 5.31. The fraction of sp³-hybridized carbons (Fsp3) is 0.312. The zero-order valence-electron chi connectivity index (χ0n) is 14.3. The molecule has 140 valence electrons. The van der Waals surface area contributed by atoms with Crippen LogP contribution in [0.1, 0.15) is 30.0 Å². The van der Waals surface area contributed by atoms with Crippen molar-refractivity contribution < 1.29 is 22.6 Å². The van der Waals surface area contributed by atoms with E-state index in [1.807, 2.05) is 0 Å². The molecule has 0 spiro atoms. The number of sulfonamides is 1. The van der Waals surface area contributed by atoms with Crippen molar-refractivity contribution in [2.75, 3.05) is 13.1 Å². The highest BCUT2D eigenvalue weighted by molar-refractivity contribution is 7.89. The Morgan fingerprint density at radius 3 is 2.27 bits per heavy atom. The summed E-state index contributed by atoms with van der Waals surface area (Å²) < 4.78 is 31.0. The van der Waals surface area contributed by atoms with Gasteiger partial charge in [-0.25, -0.2) is 8.42 Å². The van der Waals surface area contributed by atoms with Gasteiger partial charge >= 0.3 is 5.88 Å². The molecule has 1 heterocycles. The summed E-state index contributed by atoms with van der Waals surface area (Å²) in [5.41, 5.74) is 0.679. The minimum Gasteiger partial charge on any atom is -0.395 e. The molecule has 0 saturated heterocycles. The lowest BCUT2D eigenvalue weighted by Crippen LogP contribution is -2.30. The third kappa shape index (κ3) is 4.27. The van der Waals surface area contributed by atoms with Crippen LogP contribution in [-0.4, -0.2) is 36.6 Å². The smallest absolute Gasteiger partial charge is 0.395 e. The van der Waals surface area contributed by atoms with Crippen LogP contribution in [0.5, 0.6) is 0 Å². The van der Waals surface area contributed by atoms with Gasteiger partial charge in [0.2, 0.25) is 10.0 Å². The summed E-state index contributed by atoms with van der Waals surface area (Å²) in [6.45, 7) is 4.42. The molecule has 0 radical (unpaired) electrons. The maximum absolute atomic E-state index is 12.4. The van der Waals surface area contributed by atoms with Crippen LogP contribution in [0.2, 0.25) is 0 Å². The second-order valence-corrected chi connectivity index (χ2v) is 7.25. The monoisotopic (exact) mass is 381 g/mol. The minimum atomic E-state index is -3.53. The van der Waals surface area contributed by atoms with Crippen LogP contribution >= 0.6 is 0 Å². The molecular formula is C16H19N3O6S. The van der Waals surface area contributed by atoms with Crippen molar-refractivity contribution in [1.82, 2.24) is 9.62 Å². The van der Waals surface area contributed by atoms with Gasteiger partial charge in [-0.2, -0.15) is 4.31 Å². The maximum atomic E-state index is 12.4. The highest BCUT2D eigenvalue weighted by Gasteiger charge is 2.21. The van der Waals surface area contributed by atoms with Crippen molar-refractivity contribution in [3.63, 3.8) is 0 Å². The van der Waals surface area contributed by atoms with E-state index in [4.69, 9.17) is 4.42 Å². The van der Waals surface area contributed by atoms with E-state index in [1.165, 1.54) is 22.5 Å². The summed E-state index contributed by atoms with van der Waals surface area (Å²) in [5, 5.41) is 13.1. The van der Waals surface area contributed by atoms with Crippen molar-refractivity contribution >= 4 is 21.8 Å². The van der Waals surface area contributed by atoms with Crippen LogP contribution in [0.3, 0.4) is 0 Å². The molecular weight excluding hydrogens is 362 g/mol. The summed E-state index contributed by atoms with van der Waals surface area (Å²) in [5.74, 6) is -1.28. The molecule has 0 unspecified atom stereocenters. The van der Waals surface area contributed by atoms with Crippen molar-refractivity contribution in [3.05, 3.63) is 57.8 Å². The average Bonchev–Trinajstić information content (AvgIpc) is 3.11. The van der Waals surface area contributed by atoms with Gasteiger partial charge in [-0.15, -0.1) is 0 Å². The van der Waals surface area contributed by atoms with Crippen molar-refractivity contribution in [1.29, 1.82) is 0 Å². The molecule has 0 aliphatic carbocycles. The lowest BCUT2D eigenvalue weighted by atomic mass is 10.2. The summed E-state index contributed by atoms with van der Waals surface area (Å²) in [4.78, 5) is 21.9. The molecule has 0 bridgehead atoms. The van der Waals surface area contributed by atoms with E-state index < -0.39 is 26.7 Å². The molecule has 0 aliphatic rings. The summed E-state index contributed by atoms with van der Waals surface area (Å²) in [6, 6.07) is 8.47. The molecule has 0 aliphatic heterocycles. The normalized spacial score (nSPS) is 11.5. The molecule has 1 amide bonds. The van der Waals surface area contributed by atoms with Crippen molar-refractivity contribution in [2.24, 2.45) is 0 Å². The summed E-state index contributed by atoms with van der Waals surface area (Å²) in [6.07, 6.45) is 0. The fourth-order valence-electron chi connectivity index (χ4n) is 2.31. The van der Waals surface area contributed by atoms with Crippen molar-refractivity contribution in [2.45, 2.75) is 25.3 Å². The molecule has 26 heavy (non-hydrogen) atoms. The zero-order valence-corrected chi connectivity index (χ0v) is 15.2. The number of benzene rings is 1. The van der Waals surface area contributed by atoms with Gasteiger partial charge < -0.3 is 9.73 Å². The Labute approximate surface area is 150 Å². The van der Waals surface area contributed by atoms with Gasteiger partial charge in [0.25, 0.3) is 5.91 Å². The lowest BCUT2D eigenvalue weighted by Gasteiger charge is -2.18. The van der Waals surface area contributed by atoms with Crippen LogP contribution < -0.4 is 5.32 Å². The first kappa shape index (κ1) is 19.6. The lowest BCUT2D eigenvalue weighted by molar-refractivity contribution is -0.402. The highest BCUT2D eigenvalue weighted by atomic mass is 32.2. The maximum Gasteiger partial charge on any atom is 0.433 e. The number of furan rings is 1. The minimum absolute atomic E-state index is 0.124. The van der Waals surface area contributed by atoms with Gasteiger partial charge in [0.1, 0.15) is 4.92 Å². The third-order valence-electron chi connectivity index (χ3n) is 3.72. The molecule has 0 fully saturated rings. The van der Waals surface area contributed by atoms with E-state index in [0.717, 1.165) is 6.07 Å². The Morgan fingerprint density at radius 2 is 1.77 bits per heavy atom. The number of nitrogens with zero attached hydrogens (tertiary/aromatic N) is 2. The number of amides is 1. The van der Waals surface area contributed by atoms with Crippen LogP contribution in [0.4, 0.5) is 5.88 Å². The van der Waals surface area contributed by atoms with Gasteiger partial charge in [0.15, 0.2) is 5.76 Å². The third-order valence-corrected chi connectivity index (χ3v) is 5.78. The Balaban J connectivity index is 2.03. The predicted molar refractivity (Wildman–Crippen MR) is 93.1 cm³/mol. The zero-order chi connectivity index (χ0) is 19.3. The van der Waals surface area contributed by atoms with Gasteiger partial charge in [-0.1, -0.05) is 26.0 Å². The molecule has 2 rings (SSSR count). The summed E-state index contributed by atoms with van der Waals surface area (Å²) in [7, 11) is -3.53. The Hall–Kier alpha value is -2.72.